The fraction of sp³-hybridized carbons (Fsp3) is 0.538. The monoisotopic (exact) mass is 306 g/mol. The van der Waals surface area contributed by atoms with Crippen LogP contribution in [-0.4, -0.2) is 50.3 Å². The van der Waals surface area contributed by atoms with Crippen molar-refractivity contribution in [1.29, 1.82) is 0 Å². The van der Waals surface area contributed by atoms with Gasteiger partial charge in [-0.2, -0.15) is 0 Å². The number of hydrogen-bond donors (Lipinski definition) is 1. The maximum atomic E-state index is 5.95. The first kappa shape index (κ1) is 16.4. The Morgan fingerprint density at radius 1 is 1.11 bits per heavy atom. The Kier molecular flexibility index (Phi) is 6.72. The second kappa shape index (κ2) is 7.80. The number of ether oxygens (including phenoxy) is 2. The lowest BCUT2D eigenvalue weighted by Gasteiger charge is -2.33. The first-order valence-electron chi connectivity index (χ1n) is 6.23. The van der Waals surface area contributed by atoms with Crippen LogP contribution in [0, 0.1) is 0 Å². The third kappa shape index (κ3) is 4.14. The van der Waals surface area contributed by atoms with Crippen molar-refractivity contribution in [3.63, 3.8) is 0 Å². The van der Waals surface area contributed by atoms with Crippen molar-refractivity contribution in [2.75, 3.05) is 39.3 Å². The Labute approximate surface area is 126 Å². The van der Waals surface area contributed by atoms with E-state index in [0.29, 0.717) is 6.61 Å². The molecule has 0 radical (unpaired) electrons. The minimum Gasteiger partial charge on any atom is -0.486 e. The van der Waals surface area contributed by atoms with E-state index in [0.717, 1.165) is 44.2 Å². The molecule has 1 unspecified atom stereocenters. The molecule has 0 spiro atoms. The molecule has 0 bridgehead atoms. The van der Waals surface area contributed by atoms with Gasteiger partial charge in [-0.05, 0) is 12.1 Å². The number of benzene rings is 1. The number of piperazine rings is 1. The second-order valence-electron chi connectivity index (χ2n) is 4.55. The maximum Gasteiger partial charge on any atom is 0.161 e. The van der Waals surface area contributed by atoms with E-state index in [2.05, 4.69) is 10.2 Å². The van der Waals surface area contributed by atoms with E-state index in [1.807, 2.05) is 24.3 Å². The summed E-state index contributed by atoms with van der Waals surface area (Å²) in [5.41, 5.74) is 0. The summed E-state index contributed by atoms with van der Waals surface area (Å²) in [6, 6.07) is 7.88. The molecule has 4 nitrogen and oxygen atoms in total. The van der Waals surface area contributed by atoms with Crippen LogP contribution in [0.15, 0.2) is 24.3 Å². The molecule has 3 rings (SSSR count). The highest BCUT2D eigenvalue weighted by atomic mass is 35.5. The zero-order chi connectivity index (χ0) is 11.5. The number of nitrogens with one attached hydrogen (secondary N) is 1. The van der Waals surface area contributed by atoms with Gasteiger partial charge in [-0.15, -0.1) is 24.8 Å². The molecule has 1 fully saturated rings. The van der Waals surface area contributed by atoms with Crippen molar-refractivity contribution in [1.82, 2.24) is 10.2 Å². The molecule has 0 amide bonds. The lowest BCUT2D eigenvalue weighted by atomic mass is 10.2. The molecule has 0 aliphatic carbocycles. The van der Waals surface area contributed by atoms with E-state index < -0.39 is 0 Å². The minimum atomic E-state index is 0. The molecular formula is C13H20Cl2N2O2. The Hall–Kier alpha value is -0.680. The molecule has 108 valence electrons. The number of hydrogen-bond acceptors (Lipinski definition) is 4. The Bertz CT molecular complexity index is 387. The van der Waals surface area contributed by atoms with Crippen LogP contribution in [0.3, 0.4) is 0 Å². The first-order valence-corrected chi connectivity index (χ1v) is 6.23. The first-order chi connectivity index (χ1) is 8.42. The molecule has 2 heterocycles. The van der Waals surface area contributed by atoms with E-state index in [9.17, 15) is 0 Å². The Balaban J connectivity index is 0.000000902. The van der Waals surface area contributed by atoms with Gasteiger partial charge < -0.3 is 14.8 Å². The van der Waals surface area contributed by atoms with Crippen molar-refractivity contribution in [3.05, 3.63) is 24.3 Å². The van der Waals surface area contributed by atoms with Crippen molar-refractivity contribution < 1.29 is 9.47 Å². The fourth-order valence-electron chi connectivity index (χ4n) is 2.33. The van der Waals surface area contributed by atoms with Gasteiger partial charge in [-0.25, -0.2) is 0 Å². The van der Waals surface area contributed by atoms with Gasteiger partial charge in [0.15, 0.2) is 11.5 Å². The molecular weight excluding hydrogens is 287 g/mol. The average Bonchev–Trinajstić information content (AvgIpc) is 2.40. The Morgan fingerprint density at radius 2 is 1.79 bits per heavy atom. The predicted molar refractivity (Wildman–Crippen MR) is 80.2 cm³/mol. The largest absolute Gasteiger partial charge is 0.486 e. The van der Waals surface area contributed by atoms with Gasteiger partial charge >= 0.3 is 0 Å². The van der Waals surface area contributed by atoms with Gasteiger partial charge in [0.05, 0.1) is 0 Å². The van der Waals surface area contributed by atoms with Gasteiger partial charge in [0.1, 0.15) is 12.7 Å². The van der Waals surface area contributed by atoms with Gasteiger partial charge in [0.2, 0.25) is 0 Å². The van der Waals surface area contributed by atoms with Gasteiger partial charge in [-0.3, -0.25) is 4.90 Å². The second-order valence-corrected chi connectivity index (χ2v) is 4.55. The molecule has 1 atom stereocenters. The van der Waals surface area contributed by atoms with E-state index in [1.165, 1.54) is 0 Å². The van der Waals surface area contributed by atoms with Crippen molar-refractivity contribution in [3.8, 4) is 11.5 Å². The van der Waals surface area contributed by atoms with Crippen LogP contribution in [0.25, 0.3) is 0 Å². The Morgan fingerprint density at radius 3 is 2.53 bits per heavy atom. The van der Waals surface area contributed by atoms with Crippen molar-refractivity contribution in [2.45, 2.75) is 6.10 Å². The van der Waals surface area contributed by atoms with Crippen molar-refractivity contribution in [2.24, 2.45) is 0 Å². The van der Waals surface area contributed by atoms with Crippen LogP contribution in [-0.2, 0) is 0 Å². The number of para-hydroxylation sites is 2. The summed E-state index contributed by atoms with van der Waals surface area (Å²) in [6.45, 7) is 5.95. The zero-order valence-electron chi connectivity index (χ0n) is 10.7. The number of rotatable bonds is 2. The summed E-state index contributed by atoms with van der Waals surface area (Å²) in [5, 5.41) is 3.35. The maximum absolute atomic E-state index is 5.95. The highest BCUT2D eigenvalue weighted by Gasteiger charge is 2.23. The summed E-state index contributed by atoms with van der Waals surface area (Å²) in [7, 11) is 0. The fourth-order valence-corrected chi connectivity index (χ4v) is 2.33. The topological polar surface area (TPSA) is 33.7 Å². The van der Waals surface area contributed by atoms with E-state index in [4.69, 9.17) is 9.47 Å². The van der Waals surface area contributed by atoms with Crippen LogP contribution < -0.4 is 14.8 Å². The van der Waals surface area contributed by atoms with E-state index in [1.54, 1.807) is 0 Å². The zero-order valence-corrected chi connectivity index (χ0v) is 12.3. The minimum absolute atomic E-state index is 0. The van der Waals surface area contributed by atoms with Crippen LogP contribution in [0.4, 0.5) is 0 Å². The molecule has 1 aromatic rings. The molecule has 2 aliphatic rings. The third-order valence-electron chi connectivity index (χ3n) is 3.24. The summed E-state index contributed by atoms with van der Waals surface area (Å²) in [5.74, 6) is 1.74. The van der Waals surface area contributed by atoms with Crippen molar-refractivity contribution >= 4 is 24.8 Å². The van der Waals surface area contributed by atoms with Crippen LogP contribution in [0.1, 0.15) is 0 Å². The highest BCUT2D eigenvalue weighted by Crippen LogP contribution is 2.30. The molecule has 19 heavy (non-hydrogen) atoms. The molecule has 0 saturated carbocycles. The smallest absolute Gasteiger partial charge is 0.161 e. The third-order valence-corrected chi connectivity index (χ3v) is 3.24. The lowest BCUT2D eigenvalue weighted by Crippen LogP contribution is -2.49. The van der Waals surface area contributed by atoms with Gasteiger partial charge in [0, 0.05) is 32.7 Å². The number of nitrogens with zero attached hydrogens (tertiary/aromatic N) is 1. The standard InChI is InChI=1S/C13H18N2O2.2ClH/c1-2-4-13-12(3-1)16-10-11(17-13)9-15-7-5-14-6-8-15;;/h1-4,11,14H,5-10H2;2*1H. The summed E-state index contributed by atoms with van der Waals surface area (Å²) in [4.78, 5) is 2.43. The molecule has 1 aromatic carbocycles. The van der Waals surface area contributed by atoms with Gasteiger partial charge in [0.25, 0.3) is 0 Å². The molecule has 6 heteroatoms. The summed E-state index contributed by atoms with van der Waals surface area (Å²) < 4.78 is 11.7. The van der Waals surface area contributed by atoms with Gasteiger partial charge in [-0.1, -0.05) is 12.1 Å². The van der Waals surface area contributed by atoms with E-state index in [-0.39, 0.29) is 30.9 Å². The van der Waals surface area contributed by atoms with E-state index >= 15 is 0 Å². The molecule has 2 aliphatic heterocycles. The predicted octanol–water partition coefficient (Wildman–Crippen LogP) is 1.58. The summed E-state index contributed by atoms with van der Waals surface area (Å²) in [6.07, 6.45) is 0.156. The lowest BCUT2D eigenvalue weighted by molar-refractivity contribution is 0.0553. The van der Waals surface area contributed by atoms with Crippen LogP contribution in [0.2, 0.25) is 0 Å². The normalized spacial score (nSPS) is 22.0. The quantitative estimate of drug-likeness (QED) is 0.899. The molecule has 0 aromatic heterocycles. The SMILES string of the molecule is Cl.Cl.c1ccc2c(c1)OCC(CN1CCNCC1)O2. The van der Waals surface area contributed by atoms with Crippen LogP contribution in [0.5, 0.6) is 11.5 Å². The molecule has 1 saturated heterocycles. The van der Waals surface area contributed by atoms with Crippen LogP contribution >= 0.6 is 24.8 Å². The number of halogens is 2. The molecule has 1 N–H and O–H groups in total. The summed E-state index contributed by atoms with van der Waals surface area (Å²) >= 11 is 0. The number of fused-ring (bicyclic) bond motifs is 1. The highest BCUT2D eigenvalue weighted by molar-refractivity contribution is 5.85. The average molecular weight is 307 g/mol.